The van der Waals surface area contributed by atoms with Crippen molar-refractivity contribution in [1.82, 2.24) is 18.8 Å². The fourth-order valence-electron chi connectivity index (χ4n) is 3.64. The van der Waals surface area contributed by atoms with Crippen LogP contribution < -0.4 is 5.73 Å². The number of aromatic nitrogens is 3. The van der Waals surface area contributed by atoms with Gasteiger partial charge in [0, 0.05) is 38.4 Å². The summed E-state index contributed by atoms with van der Waals surface area (Å²) in [6, 6.07) is 2.02. The van der Waals surface area contributed by atoms with Crippen LogP contribution in [0.1, 0.15) is 44.1 Å². The minimum Gasteiger partial charge on any atom is -0.382 e. The lowest BCUT2D eigenvalue weighted by Crippen LogP contribution is -2.27. The molecule has 2 aromatic heterocycles. The monoisotopic (exact) mass is 409 g/mol. The molecule has 0 atom stereocenters. The first-order chi connectivity index (χ1) is 13.4. The van der Waals surface area contributed by atoms with Crippen LogP contribution in [0.25, 0.3) is 11.0 Å². The van der Waals surface area contributed by atoms with Crippen LogP contribution in [0, 0.1) is 6.92 Å². The predicted octanol–water partition coefficient (Wildman–Crippen LogP) is 2.11. The van der Waals surface area contributed by atoms with E-state index < -0.39 is 10.0 Å². The Labute approximate surface area is 167 Å². The van der Waals surface area contributed by atoms with E-state index in [1.54, 1.807) is 4.31 Å². The van der Waals surface area contributed by atoms with Gasteiger partial charge in [-0.25, -0.2) is 22.7 Å². The number of nitrogens with two attached hydrogens (primary N) is 1. The van der Waals surface area contributed by atoms with Gasteiger partial charge in [-0.1, -0.05) is 13.3 Å². The second kappa shape index (κ2) is 9.19. The molecule has 1 aliphatic rings. The van der Waals surface area contributed by atoms with Crippen LogP contribution >= 0.6 is 0 Å². The maximum absolute atomic E-state index is 11.8. The standard InChI is InChI=1S/C19H31N5O3S/c1-3-4-7-17-22-18-16(14-15(2)21-19(18)20)24(17)10-12-27-11-5-8-23-9-6-13-28(23,25)26/h14H,3-13H2,1-2H3,(H2,20,21). The average Bonchev–Trinajstić information content (AvgIpc) is 3.16. The van der Waals surface area contributed by atoms with Crippen LogP contribution in [0.2, 0.25) is 0 Å². The summed E-state index contributed by atoms with van der Waals surface area (Å²) in [4.78, 5) is 9.04. The fraction of sp³-hybridized carbons (Fsp3) is 0.684. The number of rotatable bonds is 10. The van der Waals surface area contributed by atoms with Crippen LogP contribution in [-0.4, -0.2) is 59.3 Å². The van der Waals surface area contributed by atoms with Gasteiger partial charge in [0.05, 0.1) is 17.9 Å². The van der Waals surface area contributed by atoms with E-state index in [1.807, 2.05) is 13.0 Å². The van der Waals surface area contributed by atoms with E-state index in [0.717, 1.165) is 48.2 Å². The van der Waals surface area contributed by atoms with Crippen molar-refractivity contribution in [2.24, 2.45) is 0 Å². The molecule has 1 aliphatic heterocycles. The second-order valence-electron chi connectivity index (χ2n) is 7.33. The van der Waals surface area contributed by atoms with Crippen LogP contribution in [-0.2, 0) is 27.7 Å². The number of pyridine rings is 1. The zero-order valence-corrected chi connectivity index (χ0v) is 17.7. The third-order valence-corrected chi connectivity index (χ3v) is 7.04. The normalized spacial score (nSPS) is 16.9. The summed E-state index contributed by atoms with van der Waals surface area (Å²) < 4.78 is 33.1. The number of sulfonamides is 1. The van der Waals surface area contributed by atoms with E-state index in [2.05, 4.69) is 16.5 Å². The van der Waals surface area contributed by atoms with Gasteiger partial charge in [0.15, 0.2) is 5.82 Å². The van der Waals surface area contributed by atoms with E-state index in [4.69, 9.17) is 15.5 Å². The van der Waals surface area contributed by atoms with Gasteiger partial charge in [-0.15, -0.1) is 0 Å². The van der Waals surface area contributed by atoms with Crippen molar-refractivity contribution in [2.45, 2.75) is 52.5 Å². The third kappa shape index (κ3) is 4.82. The quantitative estimate of drug-likeness (QED) is 0.603. The third-order valence-electron chi connectivity index (χ3n) is 5.08. The molecule has 0 spiro atoms. The number of fused-ring (bicyclic) bond motifs is 1. The summed E-state index contributed by atoms with van der Waals surface area (Å²) in [7, 11) is -3.01. The van der Waals surface area contributed by atoms with Crippen molar-refractivity contribution < 1.29 is 13.2 Å². The van der Waals surface area contributed by atoms with Crippen LogP contribution in [0.15, 0.2) is 6.07 Å². The van der Waals surface area contributed by atoms with Gasteiger partial charge >= 0.3 is 0 Å². The van der Waals surface area contributed by atoms with Crippen molar-refractivity contribution >= 4 is 26.9 Å². The summed E-state index contributed by atoms with van der Waals surface area (Å²) in [5.74, 6) is 1.77. The Morgan fingerprint density at radius 1 is 1.21 bits per heavy atom. The minimum absolute atomic E-state index is 0.277. The molecule has 3 heterocycles. The lowest BCUT2D eigenvalue weighted by molar-refractivity contribution is 0.120. The highest BCUT2D eigenvalue weighted by molar-refractivity contribution is 7.89. The first kappa shape index (κ1) is 21.0. The Morgan fingerprint density at radius 3 is 2.75 bits per heavy atom. The van der Waals surface area contributed by atoms with Gasteiger partial charge in [0.1, 0.15) is 11.3 Å². The lowest BCUT2D eigenvalue weighted by Gasteiger charge is -2.14. The number of nitrogens with zero attached hydrogens (tertiary/aromatic N) is 4. The second-order valence-corrected chi connectivity index (χ2v) is 9.42. The maximum Gasteiger partial charge on any atom is 0.214 e. The molecule has 2 N–H and O–H groups in total. The van der Waals surface area contributed by atoms with Crippen molar-refractivity contribution in [2.75, 3.05) is 37.8 Å². The largest absolute Gasteiger partial charge is 0.382 e. The number of imidazole rings is 1. The van der Waals surface area contributed by atoms with Crippen molar-refractivity contribution in [3.05, 3.63) is 17.6 Å². The molecule has 0 amide bonds. The molecule has 0 saturated carbocycles. The summed E-state index contributed by atoms with van der Waals surface area (Å²) in [5.41, 5.74) is 8.71. The van der Waals surface area contributed by atoms with Crippen LogP contribution in [0.3, 0.4) is 0 Å². The van der Waals surface area contributed by atoms with E-state index in [1.165, 1.54) is 0 Å². The van der Waals surface area contributed by atoms with Crippen molar-refractivity contribution in [3.63, 3.8) is 0 Å². The Bertz CT molecular complexity index is 910. The van der Waals surface area contributed by atoms with E-state index in [-0.39, 0.29) is 5.75 Å². The number of hydrogen-bond acceptors (Lipinski definition) is 6. The summed E-state index contributed by atoms with van der Waals surface area (Å²) in [6.07, 6.45) is 4.51. The lowest BCUT2D eigenvalue weighted by atomic mass is 10.2. The Kier molecular flexibility index (Phi) is 6.90. The number of unbranched alkanes of at least 4 members (excludes halogenated alkanes) is 1. The highest BCUT2D eigenvalue weighted by Gasteiger charge is 2.27. The first-order valence-corrected chi connectivity index (χ1v) is 11.7. The number of aryl methyl sites for hydroxylation is 2. The molecule has 3 rings (SSSR count). The number of nitrogen functional groups attached to an aromatic ring is 1. The molecule has 0 aromatic carbocycles. The highest BCUT2D eigenvalue weighted by atomic mass is 32.2. The molecular weight excluding hydrogens is 378 g/mol. The van der Waals surface area contributed by atoms with Crippen molar-refractivity contribution in [3.8, 4) is 0 Å². The smallest absolute Gasteiger partial charge is 0.214 e. The maximum atomic E-state index is 11.8. The Balaban J connectivity index is 1.57. The molecular formula is C19H31N5O3S. The number of hydrogen-bond donors (Lipinski definition) is 1. The van der Waals surface area contributed by atoms with E-state index in [9.17, 15) is 8.42 Å². The van der Waals surface area contributed by atoms with Crippen LogP contribution in [0.4, 0.5) is 5.82 Å². The van der Waals surface area contributed by atoms with E-state index >= 15 is 0 Å². The van der Waals surface area contributed by atoms with Gasteiger partial charge in [0.2, 0.25) is 10.0 Å². The number of ether oxygens (including phenoxy) is 1. The molecule has 1 fully saturated rings. The van der Waals surface area contributed by atoms with Gasteiger partial charge in [-0.2, -0.15) is 0 Å². The molecule has 28 heavy (non-hydrogen) atoms. The molecule has 9 heteroatoms. The molecule has 2 aromatic rings. The molecule has 0 bridgehead atoms. The van der Waals surface area contributed by atoms with Crippen molar-refractivity contribution in [1.29, 1.82) is 0 Å². The summed E-state index contributed by atoms with van der Waals surface area (Å²) >= 11 is 0. The Hall–Kier alpha value is -1.71. The highest BCUT2D eigenvalue weighted by Crippen LogP contribution is 2.22. The molecule has 0 aliphatic carbocycles. The topological polar surface area (TPSA) is 103 Å². The Morgan fingerprint density at radius 2 is 2.04 bits per heavy atom. The fourth-order valence-corrected chi connectivity index (χ4v) is 5.21. The zero-order chi connectivity index (χ0) is 20.1. The molecule has 0 unspecified atom stereocenters. The van der Waals surface area contributed by atoms with Gasteiger partial charge in [-0.3, -0.25) is 0 Å². The molecule has 8 nitrogen and oxygen atoms in total. The SMILES string of the molecule is CCCCc1nc2c(N)nc(C)cc2n1CCOCCCN1CCCS1(=O)=O. The first-order valence-electron chi connectivity index (χ1n) is 10.1. The van der Waals surface area contributed by atoms with Gasteiger partial charge in [0.25, 0.3) is 0 Å². The molecule has 1 saturated heterocycles. The average molecular weight is 410 g/mol. The molecule has 156 valence electrons. The van der Waals surface area contributed by atoms with E-state index in [0.29, 0.717) is 45.1 Å². The van der Waals surface area contributed by atoms with Gasteiger partial charge in [-0.05, 0) is 32.3 Å². The minimum atomic E-state index is -3.01. The molecule has 0 radical (unpaired) electrons. The number of anilines is 1. The zero-order valence-electron chi connectivity index (χ0n) is 16.9. The predicted molar refractivity (Wildman–Crippen MR) is 111 cm³/mol. The van der Waals surface area contributed by atoms with Crippen LogP contribution in [0.5, 0.6) is 0 Å². The summed E-state index contributed by atoms with van der Waals surface area (Å²) in [6.45, 7) is 7.07. The summed E-state index contributed by atoms with van der Waals surface area (Å²) in [5, 5.41) is 0. The van der Waals surface area contributed by atoms with Gasteiger partial charge < -0.3 is 15.0 Å².